The highest BCUT2D eigenvalue weighted by Crippen LogP contribution is 2.28. The summed E-state index contributed by atoms with van der Waals surface area (Å²) < 4.78 is 26.4. The number of carboxylic acid groups (broad SMARTS) is 1. The zero-order valence-electron chi connectivity index (χ0n) is 10.1. The summed E-state index contributed by atoms with van der Waals surface area (Å²) in [6, 6.07) is 1.39. The summed E-state index contributed by atoms with van der Waals surface area (Å²) >= 11 is 0. The molecule has 0 radical (unpaired) electrons. The van der Waals surface area contributed by atoms with Crippen molar-refractivity contribution in [2.75, 3.05) is 6.54 Å². The minimum Gasteiger partial charge on any atom is -0.478 e. The quantitative estimate of drug-likeness (QED) is 0.755. The number of nitrogens with one attached hydrogen (secondary N) is 1. The van der Waals surface area contributed by atoms with Gasteiger partial charge in [-0.15, -0.1) is 0 Å². The lowest BCUT2D eigenvalue weighted by atomic mass is 10.2. The molecule has 1 aliphatic carbocycles. The van der Waals surface area contributed by atoms with Crippen LogP contribution in [0.4, 0.5) is 0 Å². The zero-order valence-corrected chi connectivity index (χ0v) is 10.9. The molecule has 1 heterocycles. The van der Waals surface area contributed by atoms with Crippen LogP contribution in [0.1, 0.15) is 18.4 Å². The number of pyridine rings is 1. The molecule has 1 aliphatic rings. The number of carbonyl (C=O) groups is 1. The predicted molar refractivity (Wildman–Crippen MR) is 68.8 cm³/mol. The second kappa shape index (κ2) is 5.50. The molecule has 0 aliphatic heterocycles. The van der Waals surface area contributed by atoms with E-state index < -0.39 is 16.0 Å². The van der Waals surface area contributed by atoms with Crippen molar-refractivity contribution in [3.05, 3.63) is 30.1 Å². The van der Waals surface area contributed by atoms with E-state index in [0.717, 1.165) is 18.9 Å². The van der Waals surface area contributed by atoms with E-state index in [4.69, 9.17) is 5.11 Å². The van der Waals surface area contributed by atoms with Gasteiger partial charge < -0.3 is 5.11 Å². The second-order valence-electron chi connectivity index (χ2n) is 4.42. The van der Waals surface area contributed by atoms with Crippen LogP contribution in [0.3, 0.4) is 0 Å². The van der Waals surface area contributed by atoms with Gasteiger partial charge in [0.1, 0.15) is 4.90 Å². The lowest BCUT2D eigenvalue weighted by Crippen LogP contribution is -2.26. The van der Waals surface area contributed by atoms with Gasteiger partial charge in [-0.25, -0.2) is 17.9 Å². The number of aliphatic carboxylic acids is 1. The van der Waals surface area contributed by atoms with Crippen molar-refractivity contribution in [1.29, 1.82) is 0 Å². The average molecular weight is 282 g/mol. The van der Waals surface area contributed by atoms with Gasteiger partial charge >= 0.3 is 5.97 Å². The maximum absolute atomic E-state index is 12.0. The molecule has 1 fully saturated rings. The number of nitrogens with zero attached hydrogens (tertiary/aromatic N) is 1. The van der Waals surface area contributed by atoms with Crippen molar-refractivity contribution in [2.24, 2.45) is 5.92 Å². The van der Waals surface area contributed by atoms with E-state index in [2.05, 4.69) is 9.71 Å². The maximum Gasteiger partial charge on any atom is 0.328 e. The third kappa shape index (κ3) is 4.15. The highest BCUT2D eigenvalue weighted by molar-refractivity contribution is 7.89. The number of aromatic nitrogens is 1. The van der Waals surface area contributed by atoms with Crippen molar-refractivity contribution in [3.63, 3.8) is 0 Å². The first-order valence-electron chi connectivity index (χ1n) is 5.83. The molecule has 0 atom stereocenters. The molecule has 0 bridgehead atoms. The normalized spacial score (nSPS) is 15.8. The molecule has 6 nitrogen and oxygen atoms in total. The molecule has 2 rings (SSSR count). The first kappa shape index (κ1) is 13.7. The van der Waals surface area contributed by atoms with Gasteiger partial charge in [-0.2, -0.15) is 0 Å². The zero-order chi connectivity index (χ0) is 13.9. The fraction of sp³-hybridized carbons (Fsp3) is 0.333. The Kier molecular flexibility index (Phi) is 3.96. The maximum atomic E-state index is 12.0. The molecular weight excluding hydrogens is 268 g/mol. The van der Waals surface area contributed by atoms with Gasteiger partial charge in [-0.05, 0) is 36.5 Å². The van der Waals surface area contributed by atoms with Gasteiger partial charge in [0.2, 0.25) is 10.0 Å². The van der Waals surface area contributed by atoms with E-state index in [9.17, 15) is 13.2 Å². The van der Waals surface area contributed by atoms with Crippen molar-refractivity contribution < 1.29 is 18.3 Å². The van der Waals surface area contributed by atoms with Gasteiger partial charge in [0.05, 0.1) is 0 Å². The van der Waals surface area contributed by atoms with E-state index in [1.165, 1.54) is 24.5 Å². The molecular formula is C12H14N2O4S. The van der Waals surface area contributed by atoms with Gasteiger partial charge in [-0.3, -0.25) is 4.98 Å². The van der Waals surface area contributed by atoms with Crippen molar-refractivity contribution >= 4 is 22.1 Å². The molecule has 0 unspecified atom stereocenters. The Morgan fingerprint density at radius 3 is 2.84 bits per heavy atom. The molecule has 1 aromatic rings. The fourth-order valence-corrected chi connectivity index (χ4v) is 2.59. The summed E-state index contributed by atoms with van der Waals surface area (Å²) in [4.78, 5) is 14.3. The summed E-state index contributed by atoms with van der Waals surface area (Å²) in [5.74, 6) is -0.655. The van der Waals surface area contributed by atoms with Crippen LogP contribution in [0.2, 0.25) is 0 Å². The molecule has 0 amide bonds. The van der Waals surface area contributed by atoms with Gasteiger partial charge in [0, 0.05) is 25.0 Å². The Hall–Kier alpha value is -1.73. The van der Waals surface area contributed by atoms with Crippen LogP contribution in [-0.2, 0) is 14.8 Å². The van der Waals surface area contributed by atoms with E-state index in [0.29, 0.717) is 18.0 Å². The van der Waals surface area contributed by atoms with Crippen LogP contribution in [0.15, 0.2) is 29.4 Å². The van der Waals surface area contributed by atoms with Crippen LogP contribution < -0.4 is 4.72 Å². The van der Waals surface area contributed by atoms with Gasteiger partial charge in [0.25, 0.3) is 0 Å². The van der Waals surface area contributed by atoms with Crippen molar-refractivity contribution in [3.8, 4) is 0 Å². The molecule has 1 saturated carbocycles. The highest BCUT2D eigenvalue weighted by atomic mass is 32.2. The van der Waals surface area contributed by atoms with Gasteiger partial charge in [0.15, 0.2) is 0 Å². The van der Waals surface area contributed by atoms with E-state index in [1.54, 1.807) is 0 Å². The Labute approximate surface area is 111 Å². The third-order valence-electron chi connectivity index (χ3n) is 2.72. The first-order chi connectivity index (χ1) is 8.97. The summed E-state index contributed by atoms with van der Waals surface area (Å²) in [5.41, 5.74) is 0.427. The summed E-state index contributed by atoms with van der Waals surface area (Å²) in [6.07, 6.45) is 7.00. The molecule has 19 heavy (non-hydrogen) atoms. The van der Waals surface area contributed by atoms with E-state index in [-0.39, 0.29) is 4.90 Å². The Balaban J connectivity index is 2.14. The third-order valence-corrected chi connectivity index (χ3v) is 4.11. The Bertz CT molecular complexity index is 606. The molecule has 1 aromatic heterocycles. The fourth-order valence-electron chi connectivity index (χ4n) is 1.47. The van der Waals surface area contributed by atoms with Crippen LogP contribution in [0, 0.1) is 5.92 Å². The lowest BCUT2D eigenvalue weighted by Gasteiger charge is -2.06. The Morgan fingerprint density at radius 2 is 2.21 bits per heavy atom. The van der Waals surface area contributed by atoms with Crippen LogP contribution >= 0.6 is 0 Å². The predicted octanol–water partition coefficient (Wildman–Crippen LogP) is 0.868. The SMILES string of the molecule is O=C(O)C=Cc1cncc(S(=O)(=O)NCC2CC2)c1. The second-order valence-corrected chi connectivity index (χ2v) is 6.19. The number of rotatable bonds is 6. The number of hydrogen-bond acceptors (Lipinski definition) is 4. The topological polar surface area (TPSA) is 96.4 Å². The van der Waals surface area contributed by atoms with Crippen molar-refractivity contribution in [2.45, 2.75) is 17.7 Å². The highest BCUT2D eigenvalue weighted by Gasteiger charge is 2.24. The minimum absolute atomic E-state index is 0.0423. The summed E-state index contributed by atoms with van der Waals surface area (Å²) in [5, 5.41) is 8.52. The lowest BCUT2D eigenvalue weighted by molar-refractivity contribution is -0.131. The number of sulfonamides is 1. The minimum atomic E-state index is -3.57. The standard InChI is InChI=1S/C12H14N2O4S/c15-12(16)4-3-10-5-11(8-13-6-10)19(17,18)14-7-9-1-2-9/h3-6,8-9,14H,1-2,7H2,(H,15,16). The molecule has 0 spiro atoms. The Morgan fingerprint density at radius 1 is 1.47 bits per heavy atom. The molecule has 2 N–H and O–H groups in total. The average Bonchev–Trinajstić information content (AvgIpc) is 3.18. The van der Waals surface area contributed by atoms with E-state index in [1.807, 2.05) is 0 Å². The van der Waals surface area contributed by atoms with Gasteiger partial charge in [-0.1, -0.05) is 0 Å². The van der Waals surface area contributed by atoms with E-state index >= 15 is 0 Å². The number of carboxylic acids is 1. The molecule has 0 saturated heterocycles. The number of hydrogen-bond donors (Lipinski definition) is 2. The molecule has 102 valence electrons. The summed E-state index contributed by atoms with van der Waals surface area (Å²) in [7, 11) is -3.57. The first-order valence-corrected chi connectivity index (χ1v) is 7.31. The summed E-state index contributed by atoms with van der Waals surface area (Å²) in [6.45, 7) is 0.442. The van der Waals surface area contributed by atoms with Crippen LogP contribution in [0.25, 0.3) is 6.08 Å². The van der Waals surface area contributed by atoms with Crippen LogP contribution in [-0.4, -0.2) is 31.0 Å². The monoisotopic (exact) mass is 282 g/mol. The molecule has 0 aromatic carbocycles. The van der Waals surface area contributed by atoms with Crippen LogP contribution in [0.5, 0.6) is 0 Å². The largest absolute Gasteiger partial charge is 0.478 e. The van der Waals surface area contributed by atoms with Crippen molar-refractivity contribution in [1.82, 2.24) is 9.71 Å². The smallest absolute Gasteiger partial charge is 0.328 e. The molecule has 7 heteroatoms.